The zero-order valence-electron chi connectivity index (χ0n) is 32.2. The van der Waals surface area contributed by atoms with Crippen molar-refractivity contribution in [3.05, 3.63) is 91.8 Å². The lowest BCUT2D eigenvalue weighted by atomic mass is 9.99. The van der Waals surface area contributed by atoms with Gasteiger partial charge in [0, 0.05) is 89.8 Å². The van der Waals surface area contributed by atoms with E-state index >= 15 is 0 Å². The molecule has 2 fully saturated rings. The second kappa shape index (κ2) is 16.0. The van der Waals surface area contributed by atoms with Crippen molar-refractivity contribution in [1.29, 1.82) is 0 Å². The number of nitrogens with zero attached hydrogens (tertiary/aromatic N) is 7. The molecule has 0 aliphatic carbocycles. The maximum absolute atomic E-state index is 13.9. The minimum Gasteiger partial charge on any atom is -0.372 e. The fraction of sp³-hybridized carbons (Fsp3) is 0.400. The van der Waals surface area contributed by atoms with Crippen molar-refractivity contribution in [3.63, 3.8) is 0 Å². The maximum atomic E-state index is 13.9. The van der Waals surface area contributed by atoms with E-state index in [1.54, 1.807) is 39.4 Å². The number of anilines is 1. The lowest BCUT2D eigenvalue weighted by Gasteiger charge is -2.35. The number of hydrogen-bond donors (Lipinski definition) is 4. The van der Waals surface area contributed by atoms with Crippen molar-refractivity contribution in [2.24, 2.45) is 4.99 Å². The minimum absolute atomic E-state index is 0.0702. The van der Waals surface area contributed by atoms with Gasteiger partial charge in [0.25, 0.3) is 5.91 Å². The summed E-state index contributed by atoms with van der Waals surface area (Å²) in [4.78, 5) is 74.3. The summed E-state index contributed by atoms with van der Waals surface area (Å²) >= 11 is 7.89. The number of rotatable bonds is 9. The zero-order valence-corrected chi connectivity index (χ0v) is 33.8. The molecule has 3 atom stereocenters. The van der Waals surface area contributed by atoms with E-state index in [1.165, 1.54) is 4.90 Å². The monoisotopic (exact) mass is 826 g/mol. The number of aliphatic hydroxyl groups excluding tert-OH is 1. The second-order valence-electron chi connectivity index (χ2n) is 14.9. The number of aliphatic imine (C=N–C) groups is 1. The van der Waals surface area contributed by atoms with Crippen LogP contribution in [0.15, 0.2) is 47.5 Å². The Labute approximate surface area is 343 Å². The number of aryl methyl sites for hydroxylation is 2. The Balaban J connectivity index is 0.854. The summed E-state index contributed by atoms with van der Waals surface area (Å²) in [6.07, 6.45) is -0.715. The second-order valence-corrected chi connectivity index (χ2v) is 16.6. The van der Waals surface area contributed by atoms with E-state index in [9.17, 15) is 29.1 Å². The third-order valence-corrected chi connectivity index (χ3v) is 12.7. The fourth-order valence-corrected chi connectivity index (χ4v) is 9.34. The molecule has 2 saturated heterocycles. The SMILES string of the molecule is Cc1sc2c(c1C)C(c1ccc(Cl)cc1)=N[C@@H](CC(=O)N1CCN(NC(=O)CCC(=O)Nc3cccc4c3CN(C3CCC(=O)NC3O)C4=O)CC1)c1nnc(C)n1-2. The number of benzene rings is 2. The van der Waals surface area contributed by atoms with Gasteiger partial charge < -0.3 is 25.5 Å². The third kappa shape index (κ3) is 7.62. The van der Waals surface area contributed by atoms with Crippen LogP contribution in [0, 0.1) is 20.8 Å². The number of nitrogens with one attached hydrogen (secondary N) is 3. The summed E-state index contributed by atoms with van der Waals surface area (Å²) < 4.78 is 2.02. The van der Waals surface area contributed by atoms with Gasteiger partial charge >= 0.3 is 0 Å². The number of piperazine rings is 1. The van der Waals surface area contributed by atoms with Gasteiger partial charge in [-0.15, -0.1) is 21.5 Å². The van der Waals surface area contributed by atoms with Crippen LogP contribution in [0.25, 0.3) is 5.00 Å². The highest BCUT2D eigenvalue weighted by Gasteiger charge is 2.40. The van der Waals surface area contributed by atoms with E-state index in [0.29, 0.717) is 66.1 Å². The summed E-state index contributed by atoms with van der Waals surface area (Å²) in [6.45, 7) is 7.81. The van der Waals surface area contributed by atoms with Crippen molar-refractivity contribution in [2.45, 2.75) is 77.7 Å². The first-order valence-electron chi connectivity index (χ1n) is 19.2. The summed E-state index contributed by atoms with van der Waals surface area (Å²) in [6, 6.07) is 11.4. The molecule has 0 saturated carbocycles. The van der Waals surface area contributed by atoms with Crippen LogP contribution in [0.3, 0.4) is 0 Å². The Kier molecular flexibility index (Phi) is 10.9. The Hall–Kier alpha value is -5.49. The molecule has 16 nitrogen and oxygen atoms in total. The molecule has 4 aromatic rings. The summed E-state index contributed by atoms with van der Waals surface area (Å²) in [5, 5.41) is 28.0. The molecule has 18 heteroatoms. The average molecular weight is 827 g/mol. The van der Waals surface area contributed by atoms with Gasteiger partial charge in [-0.25, -0.2) is 5.01 Å². The van der Waals surface area contributed by atoms with Gasteiger partial charge in [0.05, 0.1) is 18.2 Å². The molecule has 2 unspecified atom stereocenters. The van der Waals surface area contributed by atoms with Crippen molar-refractivity contribution >= 4 is 63.9 Å². The molecular weight excluding hydrogens is 784 g/mol. The highest BCUT2D eigenvalue weighted by Crippen LogP contribution is 2.40. The molecule has 2 aromatic heterocycles. The van der Waals surface area contributed by atoms with Crippen LogP contribution in [0.1, 0.15) is 87.3 Å². The number of fused-ring (bicyclic) bond motifs is 4. The van der Waals surface area contributed by atoms with Crippen molar-refractivity contribution in [2.75, 3.05) is 31.5 Å². The number of aliphatic hydroxyl groups is 1. The van der Waals surface area contributed by atoms with Crippen molar-refractivity contribution in [1.82, 2.24) is 40.3 Å². The number of thiophene rings is 1. The normalized spacial score (nSPS) is 20.4. The fourth-order valence-electron chi connectivity index (χ4n) is 8.00. The van der Waals surface area contributed by atoms with E-state index in [1.807, 2.05) is 35.8 Å². The molecule has 2 aromatic carbocycles. The number of halogens is 1. The first-order valence-corrected chi connectivity index (χ1v) is 20.4. The van der Waals surface area contributed by atoms with Gasteiger partial charge in [0.1, 0.15) is 23.1 Å². The Morgan fingerprint density at radius 3 is 2.47 bits per heavy atom. The number of aromatic nitrogens is 3. The van der Waals surface area contributed by atoms with Gasteiger partial charge in [-0.3, -0.25) is 39.0 Å². The van der Waals surface area contributed by atoms with Crippen LogP contribution in [0.4, 0.5) is 5.69 Å². The molecular formula is C40H43ClN10O6S. The number of hydrogen-bond acceptors (Lipinski definition) is 11. The molecule has 58 heavy (non-hydrogen) atoms. The molecule has 302 valence electrons. The van der Waals surface area contributed by atoms with Crippen LogP contribution in [-0.4, -0.2) is 108 Å². The lowest BCUT2D eigenvalue weighted by Crippen LogP contribution is -2.55. The zero-order chi connectivity index (χ0) is 40.8. The van der Waals surface area contributed by atoms with Gasteiger partial charge in [-0.2, -0.15) is 0 Å². The lowest BCUT2D eigenvalue weighted by molar-refractivity contribution is -0.135. The summed E-state index contributed by atoms with van der Waals surface area (Å²) in [5.74, 6) is -0.0408. The Morgan fingerprint density at radius 2 is 1.72 bits per heavy atom. The molecule has 5 amide bonds. The standard InChI is InChI=1S/C40H43ClN10O6S/c1-21-22(2)58-40-35(21)36(24-7-9-25(41)10-8-24)43-29(37-46-45-23(3)51(37)40)19-34(55)48-15-17-49(18-16-48)47-33(54)14-13-31(52)42-28-6-4-5-26-27(28)20-50(39(26)57)30-11-12-32(53)44-38(30)56/h4-10,29-30,38,56H,11-20H2,1-3H3,(H,42,52)(H,44,53)(H,47,54)/t29-,30?,38?/m0/s1. The largest absolute Gasteiger partial charge is 0.372 e. The predicted molar refractivity (Wildman–Crippen MR) is 216 cm³/mol. The molecule has 4 aliphatic heterocycles. The number of hydrazine groups is 1. The first-order chi connectivity index (χ1) is 27.9. The Morgan fingerprint density at radius 1 is 0.983 bits per heavy atom. The van der Waals surface area contributed by atoms with Crippen LogP contribution < -0.4 is 16.1 Å². The minimum atomic E-state index is -1.17. The van der Waals surface area contributed by atoms with Gasteiger partial charge in [-0.1, -0.05) is 29.8 Å². The van der Waals surface area contributed by atoms with Crippen LogP contribution in [-0.2, 0) is 25.7 Å². The summed E-state index contributed by atoms with van der Waals surface area (Å²) in [7, 11) is 0. The van der Waals surface area contributed by atoms with E-state index in [-0.39, 0.29) is 61.8 Å². The predicted octanol–water partition coefficient (Wildman–Crippen LogP) is 3.34. The van der Waals surface area contributed by atoms with E-state index in [2.05, 4.69) is 40.1 Å². The quantitative estimate of drug-likeness (QED) is 0.196. The maximum Gasteiger partial charge on any atom is 0.254 e. The summed E-state index contributed by atoms with van der Waals surface area (Å²) in [5.41, 5.74) is 8.13. The van der Waals surface area contributed by atoms with Gasteiger partial charge in [-0.05, 0) is 57.0 Å². The van der Waals surface area contributed by atoms with E-state index < -0.39 is 18.3 Å². The highest BCUT2D eigenvalue weighted by molar-refractivity contribution is 7.15. The highest BCUT2D eigenvalue weighted by atomic mass is 35.5. The molecule has 6 heterocycles. The van der Waals surface area contributed by atoms with Crippen molar-refractivity contribution < 1.29 is 29.1 Å². The van der Waals surface area contributed by atoms with Crippen LogP contribution in [0.2, 0.25) is 5.02 Å². The molecule has 0 bridgehead atoms. The van der Waals surface area contributed by atoms with Gasteiger partial charge in [0.15, 0.2) is 5.82 Å². The molecule has 0 radical (unpaired) electrons. The number of amides is 5. The van der Waals surface area contributed by atoms with Crippen LogP contribution >= 0.6 is 22.9 Å². The Bertz CT molecular complexity index is 2350. The van der Waals surface area contributed by atoms with E-state index in [4.69, 9.17) is 16.6 Å². The molecule has 4 N–H and O–H groups in total. The van der Waals surface area contributed by atoms with Crippen LogP contribution in [0.5, 0.6) is 0 Å². The topological polar surface area (TPSA) is 194 Å². The van der Waals surface area contributed by atoms with Gasteiger partial charge in [0.2, 0.25) is 23.6 Å². The number of carbonyl (C=O) groups excluding carboxylic acids is 5. The number of carbonyl (C=O) groups is 5. The molecule has 8 rings (SSSR count). The number of piperidine rings is 1. The smallest absolute Gasteiger partial charge is 0.254 e. The first kappa shape index (κ1) is 39.3. The van der Waals surface area contributed by atoms with E-state index in [0.717, 1.165) is 32.3 Å². The third-order valence-electron chi connectivity index (χ3n) is 11.2. The van der Waals surface area contributed by atoms with Crippen molar-refractivity contribution in [3.8, 4) is 5.00 Å². The average Bonchev–Trinajstić information content (AvgIpc) is 3.81. The molecule has 0 spiro atoms. The molecule has 4 aliphatic rings.